The molecule has 4 heterocycles. The van der Waals surface area contributed by atoms with Crippen LogP contribution in [0.4, 0.5) is 0 Å². The van der Waals surface area contributed by atoms with Gasteiger partial charge in [0, 0.05) is 37.9 Å². The van der Waals surface area contributed by atoms with Crippen LogP contribution in [0.1, 0.15) is 12.1 Å². The predicted octanol–water partition coefficient (Wildman–Crippen LogP) is 0.855. The maximum absolute atomic E-state index is 11.8. The first kappa shape index (κ1) is 18.9. The van der Waals surface area contributed by atoms with Gasteiger partial charge in [0.1, 0.15) is 0 Å². The quantitative estimate of drug-likeness (QED) is 0.559. The minimum Gasteiger partial charge on any atom is -0.379 e. The van der Waals surface area contributed by atoms with Crippen LogP contribution in [0.5, 0.6) is 0 Å². The van der Waals surface area contributed by atoms with Crippen LogP contribution in [-0.4, -0.2) is 76.8 Å². The summed E-state index contributed by atoms with van der Waals surface area (Å²) in [5.74, 6) is 0. The molecule has 1 saturated heterocycles. The van der Waals surface area contributed by atoms with Crippen LogP contribution in [0.15, 0.2) is 36.0 Å². The van der Waals surface area contributed by atoms with Crippen molar-refractivity contribution in [3.8, 4) is 11.4 Å². The SMILES string of the molecule is CS(=O)(=O)c1nccc(-c2cnc3c(CCCN4CCOCC4)nccn23)n1. The lowest BCUT2D eigenvalue weighted by Gasteiger charge is -2.26. The Kier molecular flexibility index (Phi) is 5.33. The van der Waals surface area contributed by atoms with Gasteiger partial charge in [-0.25, -0.2) is 23.4 Å². The summed E-state index contributed by atoms with van der Waals surface area (Å²) in [5, 5.41) is -0.195. The molecule has 10 heteroatoms. The van der Waals surface area contributed by atoms with Gasteiger partial charge in [0.2, 0.25) is 15.0 Å². The third kappa shape index (κ3) is 4.03. The second-order valence-corrected chi connectivity index (χ2v) is 8.67. The minimum absolute atomic E-state index is 0.195. The zero-order valence-electron chi connectivity index (χ0n) is 15.7. The van der Waals surface area contributed by atoms with Crippen molar-refractivity contribution in [2.75, 3.05) is 39.1 Å². The number of ether oxygens (including phenoxy) is 1. The number of imidazole rings is 1. The summed E-state index contributed by atoms with van der Waals surface area (Å²) in [6, 6.07) is 1.68. The van der Waals surface area contributed by atoms with Gasteiger partial charge in [-0.05, 0) is 25.5 Å². The fourth-order valence-electron chi connectivity index (χ4n) is 3.30. The summed E-state index contributed by atoms with van der Waals surface area (Å²) >= 11 is 0. The van der Waals surface area contributed by atoms with Crippen LogP contribution in [0.2, 0.25) is 0 Å². The third-order valence-corrected chi connectivity index (χ3v) is 5.58. The van der Waals surface area contributed by atoms with Crippen molar-refractivity contribution < 1.29 is 13.2 Å². The van der Waals surface area contributed by atoms with Gasteiger partial charge >= 0.3 is 0 Å². The summed E-state index contributed by atoms with van der Waals surface area (Å²) in [6.45, 7) is 4.55. The maximum Gasteiger partial charge on any atom is 0.247 e. The van der Waals surface area contributed by atoms with Crippen LogP contribution in [0.25, 0.3) is 17.0 Å². The van der Waals surface area contributed by atoms with E-state index < -0.39 is 9.84 Å². The Bertz CT molecular complexity index is 1080. The minimum atomic E-state index is -3.48. The lowest BCUT2D eigenvalue weighted by atomic mass is 10.2. The molecule has 9 nitrogen and oxygen atoms in total. The summed E-state index contributed by atoms with van der Waals surface area (Å²) < 4.78 is 30.8. The molecule has 3 aromatic heterocycles. The molecular weight excluding hydrogens is 380 g/mol. The largest absolute Gasteiger partial charge is 0.379 e. The number of sulfone groups is 1. The van der Waals surface area contributed by atoms with Gasteiger partial charge in [0.05, 0.1) is 36.5 Å². The number of rotatable bonds is 6. The fraction of sp³-hybridized carbons (Fsp3) is 0.444. The summed E-state index contributed by atoms with van der Waals surface area (Å²) in [6.07, 6.45) is 9.58. The third-order valence-electron chi connectivity index (χ3n) is 4.72. The van der Waals surface area contributed by atoms with Crippen LogP contribution in [0.3, 0.4) is 0 Å². The first-order valence-corrected chi connectivity index (χ1v) is 11.1. The average molecular weight is 402 g/mol. The van der Waals surface area contributed by atoms with Crippen molar-refractivity contribution in [3.05, 3.63) is 36.5 Å². The first-order chi connectivity index (χ1) is 13.5. The Labute approximate surface area is 163 Å². The van der Waals surface area contributed by atoms with E-state index in [4.69, 9.17) is 4.74 Å². The molecule has 0 saturated carbocycles. The second-order valence-electron chi connectivity index (χ2n) is 6.77. The van der Waals surface area contributed by atoms with Crippen LogP contribution in [0, 0.1) is 0 Å². The van der Waals surface area contributed by atoms with E-state index in [0.29, 0.717) is 11.4 Å². The Morgan fingerprint density at radius 3 is 2.75 bits per heavy atom. The molecular formula is C18H22N6O3S. The topological polar surface area (TPSA) is 103 Å². The lowest BCUT2D eigenvalue weighted by molar-refractivity contribution is 0.0374. The molecule has 0 N–H and O–H groups in total. The molecule has 0 bridgehead atoms. The van der Waals surface area contributed by atoms with Crippen molar-refractivity contribution >= 4 is 15.5 Å². The van der Waals surface area contributed by atoms with Gasteiger partial charge in [0.25, 0.3) is 0 Å². The number of morpholine rings is 1. The van der Waals surface area contributed by atoms with E-state index in [2.05, 4.69) is 24.8 Å². The highest BCUT2D eigenvalue weighted by molar-refractivity contribution is 7.90. The Hall–Kier alpha value is -2.43. The van der Waals surface area contributed by atoms with Crippen LogP contribution in [-0.2, 0) is 21.0 Å². The van der Waals surface area contributed by atoms with Crippen molar-refractivity contribution in [3.63, 3.8) is 0 Å². The maximum atomic E-state index is 11.8. The van der Waals surface area contributed by atoms with E-state index in [1.54, 1.807) is 18.5 Å². The van der Waals surface area contributed by atoms with Gasteiger partial charge in [-0.3, -0.25) is 14.3 Å². The molecule has 4 rings (SSSR count). The zero-order valence-corrected chi connectivity index (χ0v) is 16.5. The van der Waals surface area contributed by atoms with Crippen LogP contribution < -0.4 is 0 Å². The van der Waals surface area contributed by atoms with Crippen molar-refractivity contribution in [1.29, 1.82) is 0 Å². The number of aryl methyl sites for hydroxylation is 1. The van der Waals surface area contributed by atoms with E-state index in [0.717, 1.165) is 63.3 Å². The van der Waals surface area contributed by atoms with E-state index >= 15 is 0 Å². The smallest absolute Gasteiger partial charge is 0.247 e. The second kappa shape index (κ2) is 7.90. The first-order valence-electron chi connectivity index (χ1n) is 9.17. The standard InChI is InChI=1S/C18H22N6O3S/c1-28(25,26)18-20-5-4-14(22-18)16-13-21-17-15(19-6-8-24(16)17)3-2-7-23-9-11-27-12-10-23/h4-6,8,13H,2-3,7,9-12H2,1H3. The Balaban J connectivity index is 1.57. The summed E-state index contributed by atoms with van der Waals surface area (Å²) in [7, 11) is -3.48. The molecule has 148 valence electrons. The van der Waals surface area contributed by atoms with Gasteiger partial charge in [-0.1, -0.05) is 0 Å². The number of aromatic nitrogens is 5. The summed E-state index contributed by atoms with van der Waals surface area (Å²) in [4.78, 5) is 19.4. The Morgan fingerprint density at radius 1 is 1.14 bits per heavy atom. The molecule has 1 aliphatic rings. The highest BCUT2D eigenvalue weighted by Crippen LogP contribution is 2.21. The lowest BCUT2D eigenvalue weighted by Crippen LogP contribution is -2.37. The molecule has 0 amide bonds. The van der Waals surface area contributed by atoms with E-state index in [-0.39, 0.29) is 5.16 Å². The van der Waals surface area contributed by atoms with Crippen molar-refractivity contribution in [1.82, 2.24) is 29.2 Å². The van der Waals surface area contributed by atoms with Gasteiger partial charge in [0.15, 0.2) is 5.65 Å². The molecule has 0 atom stereocenters. The van der Waals surface area contributed by atoms with Gasteiger partial charge in [-0.15, -0.1) is 0 Å². The van der Waals surface area contributed by atoms with E-state index in [9.17, 15) is 8.42 Å². The predicted molar refractivity (Wildman–Crippen MR) is 103 cm³/mol. The van der Waals surface area contributed by atoms with Crippen LogP contribution >= 0.6 is 0 Å². The number of fused-ring (bicyclic) bond motifs is 1. The monoisotopic (exact) mass is 402 g/mol. The molecule has 0 aromatic carbocycles. The van der Waals surface area contributed by atoms with Gasteiger partial charge in [-0.2, -0.15) is 0 Å². The van der Waals surface area contributed by atoms with E-state index in [1.165, 1.54) is 6.20 Å². The molecule has 1 fully saturated rings. The molecule has 28 heavy (non-hydrogen) atoms. The average Bonchev–Trinajstić information content (AvgIpc) is 3.13. The van der Waals surface area contributed by atoms with Crippen molar-refractivity contribution in [2.45, 2.75) is 18.0 Å². The number of hydrogen-bond acceptors (Lipinski definition) is 8. The fourth-order valence-corrected chi connectivity index (χ4v) is 3.81. The summed E-state index contributed by atoms with van der Waals surface area (Å²) in [5.41, 5.74) is 2.89. The molecule has 0 unspecified atom stereocenters. The van der Waals surface area contributed by atoms with E-state index in [1.807, 2.05) is 10.6 Å². The molecule has 0 radical (unpaired) electrons. The molecule has 0 spiro atoms. The zero-order chi connectivity index (χ0) is 19.6. The van der Waals surface area contributed by atoms with Crippen molar-refractivity contribution in [2.24, 2.45) is 0 Å². The molecule has 0 aliphatic carbocycles. The highest BCUT2D eigenvalue weighted by atomic mass is 32.2. The molecule has 3 aromatic rings. The highest BCUT2D eigenvalue weighted by Gasteiger charge is 2.16. The number of hydrogen-bond donors (Lipinski definition) is 0. The van der Waals surface area contributed by atoms with Gasteiger partial charge < -0.3 is 4.74 Å². The normalized spacial score (nSPS) is 15.9. The molecule has 1 aliphatic heterocycles. The Morgan fingerprint density at radius 2 is 1.96 bits per heavy atom. The number of nitrogens with zero attached hydrogens (tertiary/aromatic N) is 6.